The normalized spacial score (nSPS) is 12.0. The average molecular weight is 828 g/mol. The van der Waals surface area contributed by atoms with Crippen LogP contribution in [-0.2, 0) is 0 Å². The van der Waals surface area contributed by atoms with Gasteiger partial charge in [0, 0.05) is 54.6 Å². The third-order valence-electron chi connectivity index (χ3n) is 13.4. The summed E-state index contributed by atoms with van der Waals surface area (Å²) in [7, 11) is 0. The Kier molecular flexibility index (Phi) is 7.62. The quantitative estimate of drug-likeness (QED) is 0.173. The molecule has 14 rings (SSSR count). The molecule has 0 saturated carbocycles. The van der Waals surface area contributed by atoms with Gasteiger partial charge in [-0.2, -0.15) is 0 Å². The zero-order valence-corrected chi connectivity index (χ0v) is 35.1. The first kappa shape index (κ1) is 35.8. The van der Waals surface area contributed by atoms with Crippen LogP contribution in [0.4, 0.5) is 0 Å². The molecule has 5 heteroatoms. The average Bonchev–Trinajstić information content (AvgIpc) is 4.01. The van der Waals surface area contributed by atoms with Crippen LogP contribution in [0.3, 0.4) is 0 Å². The second-order valence-corrected chi connectivity index (χ2v) is 17.0. The number of hydrogen-bond donors (Lipinski definition) is 0. The number of hydrogen-bond acceptors (Lipinski definition) is 2. The summed E-state index contributed by atoms with van der Waals surface area (Å²) in [5.41, 5.74) is 14.3. The third kappa shape index (κ3) is 5.33. The van der Waals surface area contributed by atoms with Crippen LogP contribution in [0.25, 0.3) is 127 Å². The third-order valence-corrected chi connectivity index (χ3v) is 13.4. The van der Waals surface area contributed by atoms with Gasteiger partial charge in [0.2, 0.25) is 5.95 Å². The maximum atomic E-state index is 5.47. The Morgan fingerprint density at radius 3 is 1.58 bits per heavy atom. The van der Waals surface area contributed by atoms with E-state index < -0.39 is 0 Å². The van der Waals surface area contributed by atoms with Gasteiger partial charge < -0.3 is 9.13 Å². The predicted octanol–water partition coefficient (Wildman–Crippen LogP) is 15.4. The smallest absolute Gasteiger partial charge is 0.235 e. The van der Waals surface area contributed by atoms with E-state index in [1.165, 1.54) is 54.5 Å². The molecular formula is C60H37N5. The second-order valence-electron chi connectivity index (χ2n) is 17.0. The first-order chi connectivity index (χ1) is 32.2. The zero-order valence-electron chi connectivity index (χ0n) is 35.1. The van der Waals surface area contributed by atoms with E-state index in [2.05, 4.69) is 238 Å². The highest BCUT2D eigenvalue weighted by molar-refractivity contribution is 6.29. The molecule has 0 amide bonds. The summed E-state index contributed by atoms with van der Waals surface area (Å²) in [6, 6.07) is 80.9. The molecule has 0 bridgehead atoms. The summed E-state index contributed by atoms with van der Waals surface area (Å²) in [6.45, 7) is 0. The van der Waals surface area contributed by atoms with Crippen molar-refractivity contribution in [3.8, 4) is 39.7 Å². The number of nitrogens with zero attached hydrogens (tertiary/aromatic N) is 5. The molecule has 0 radical (unpaired) electrons. The topological polar surface area (TPSA) is 40.6 Å². The van der Waals surface area contributed by atoms with Crippen molar-refractivity contribution in [2.45, 2.75) is 0 Å². The Balaban J connectivity index is 1.02. The Morgan fingerprint density at radius 2 is 0.846 bits per heavy atom. The lowest BCUT2D eigenvalue weighted by Crippen LogP contribution is -2.04. The van der Waals surface area contributed by atoms with Gasteiger partial charge in [-0.1, -0.05) is 158 Å². The summed E-state index contributed by atoms with van der Waals surface area (Å²) < 4.78 is 7.13. The number of benzene rings is 10. The van der Waals surface area contributed by atoms with E-state index in [9.17, 15) is 0 Å². The van der Waals surface area contributed by atoms with E-state index in [0.29, 0.717) is 5.95 Å². The molecule has 0 N–H and O–H groups in total. The molecule has 0 aliphatic heterocycles. The van der Waals surface area contributed by atoms with Crippen molar-refractivity contribution in [1.29, 1.82) is 0 Å². The molecule has 4 aromatic heterocycles. The summed E-state index contributed by atoms with van der Waals surface area (Å²) in [4.78, 5) is 10.8. The maximum Gasteiger partial charge on any atom is 0.235 e. The van der Waals surface area contributed by atoms with Crippen molar-refractivity contribution < 1.29 is 0 Å². The van der Waals surface area contributed by atoms with Crippen LogP contribution in [0.15, 0.2) is 224 Å². The lowest BCUT2D eigenvalue weighted by Gasteiger charge is -2.13. The van der Waals surface area contributed by atoms with E-state index in [1.54, 1.807) is 0 Å². The molecule has 0 spiro atoms. The minimum absolute atomic E-state index is 0.642. The molecule has 0 unspecified atom stereocenters. The fourth-order valence-corrected chi connectivity index (χ4v) is 10.6. The van der Waals surface area contributed by atoms with Crippen LogP contribution >= 0.6 is 0 Å². The SMILES string of the molecule is c1ccc(-c2cccc(-n3c4ccccc4c4c5c6ccccc6n(-c6ccc7c8ccccc8n(-c8nc(-c9ccc%10ccccc%10c9)c9ccccc9n8)c7c6)c5ccc43)c2)cc1. The number of fused-ring (bicyclic) bond motifs is 12. The molecule has 0 saturated heterocycles. The molecule has 0 fully saturated rings. The van der Waals surface area contributed by atoms with Gasteiger partial charge in [-0.15, -0.1) is 0 Å². The van der Waals surface area contributed by atoms with Crippen molar-refractivity contribution in [1.82, 2.24) is 23.7 Å². The van der Waals surface area contributed by atoms with Crippen molar-refractivity contribution in [3.05, 3.63) is 224 Å². The molecule has 0 aliphatic carbocycles. The number of rotatable bonds is 5. The lowest BCUT2D eigenvalue weighted by molar-refractivity contribution is 1.01. The molecule has 10 aromatic carbocycles. The van der Waals surface area contributed by atoms with Gasteiger partial charge in [-0.25, -0.2) is 9.97 Å². The highest BCUT2D eigenvalue weighted by Crippen LogP contribution is 2.44. The molecule has 302 valence electrons. The Bertz CT molecular complexity index is 4250. The molecule has 65 heavy (non-hydrogen) atoms. The van der Waals surface area contributed by atoms with Crippen LogP contribution in [0.2, 0.25) is 0 Å². The fourth-order valence-electron chi connectivity index (χ4n) is 10.6. The molecule has 0 atom stereocenters. The monoisotopic (exact) mass is 827 g/mol. The molecular weight excluding hydrogens is 791 g/mol. The highest BCUT2D eigenvalue weighted by Gasteiger charge is 2.23. The fraction of sp³-hybridized carbons (Fsp3) is 0. The molecule has 0 aliphatic rings. The van der Waals surface area contributed by atoms with Crippen LogP contribution < -0.4 is 0 Å². The van der Waals surface area contributed by atoms with Gasteiger partial charge in [0.15, 0.2) is 0 Å². The second kappa shape index (κ2) is 13.9. The predicted molar refractivity (Wildman–Crippen MR) is 271 cm³/mol. The van der Waals surface area contributed by atoms with E-state index in [4.69, 9.17) is 9.97 Å². The Hall–Kier alpha value is -8.80. The summed E-state index contributed by atoms with van der Waals surface area (Å²) in [5.74, 6) is 0.642. The largest absolute Gasteiger partial charge is 0.309 e. The van der Waals surface area contributed by atoms with Crippen LogP contribution in [-0.4, -0.2) is 23.7 Å². The van der Waals surface area contributed by atoms with Crippen molar-refractivity contribution in [2.24, 2.45) is 0 Å². The van der Waals surface area contributed by atoms with Crippen molar-refractivity contribution in [2.75, 3.05) is 0 Å². The van der Waals surface area contributed by atoms with Crippen molar-refractivity contribution in [3.63, 3.8) is 0 Å². The maximum absolute atomic E-state index is 5.47. The zero-order chi connectivity index (χ0) is 42.6. The summed E-state index contributed by atoms with van der Waals surface area (Å²) in [6.07, 6.45) is 0. The Morgan fingerprint density at radius 1 is 0.277 bits per heavy atom. The van der Waals surface area contributed by atoms with Gasteiger partial charge in [-0.3, -0.25) is 4.57 Å². The summed E-state index contributed by atoms with van der Waals surface area (Å²) in [5, 5.41) is 10.7. The van der Waals surface area contributed by atoms with Gasteiger partial charge >= 0.3 is 0 Å². The van der Waals surface area contributed by atoms with Crippen LogP contribution in [0.1, 0.15) is 0 Å². The van der Waals surface area contributed by atoms with E-state index in [-0.39, 0.29) is 0 Å². The van der Waals surface area contributed by atoms with Crippen LogP contribution in [0.5, 0.6) is 0 Å². The summed E-state index contributed by atoms with van der Waals surface area (Å²) >= 11 is 0. The van der Waals surface area contributed by atoms with Gasteiger partial charge in [0.1, 0.15) is 0 Å². The Labute approximate surface area is 373 Å². The van der Waals surface area contributed by atoms with E-state index in [1.807, 2.05) is 0 Å². The molecule has 14 aromatic rings. The first-order valence-electron chi connectivity index (χ1n) is 22.2. The number of aromatic nitrogens is 5. The minimum Gasteiger partial charge on any atom is -0.309 e. The van der Waals surface area contributed by atoms with Crippen LogP contribution in [0, 0.1) is 0 Å². The van der Waals surface area contributed by atoms with E-state index >= 15 is 0 Å². The minimum atomic E-state index is 0.642. The van der Waals surface area contributed by atoms with Gasteiger partial charge in [-0.05, 0) is 88.6 Å². The van der Waals surface area contributed by atoms with Gasteiger partial charge in [0.05, 0.1) is 44.3 Å². The van der Waals surface area contributed by atoms with Gasteiger partial charge in [0.25, 0.3) is 0 Å². The molecule has 5 nitrogen and oxygen atoms in total. The van der Waals surface area contributed by atoms with Crippen molar-refractivity contribution >= 4 is 87.1 Å². The molecule has 4 heterocycles. The standard InChI is InChI=1S/C60H37N5/c1-2-15-38(16-3-1)41-19-14-20-43(36-41)63-52-27-12-8-23-48(52)57-54(63)33-34-55-58(57)49-24-9-13-28-53(49)64(55)44-31-32-46-45-21-7-11-26-51(45)65(56(46)37-44)60-61-50-25-10-6-22-47(50)59(62-60)42-30-29-39-17-4-5-18-40(39)35-42/h1-37H. The lowest BCUT2D eigenvalue weighted by atomic mass is 10.0. The first-order valence-corrected chi connectivity index (χ1v) is 22.2. The van der Waals surface area contributed by atoms with E-state index in [0.717, 1.165) is 66.4 Å². The highest BCUT2D eigenvalue weighted by atomic mass is 15.2. The number of para-hydroxylation sites is 4.